The topological polar surface area (TPSA) is 38.3 Å². The van der Waals surface area contributed by atoms with Crippen molar-refractivity contribution >= 4 is 11.7 Å². The van der Waals surface area contributed by atoms with Crippen LogP contribution in [0.25, 0.3) is 0 Å². The zero-order chi connectivity index (χ0) is 16.7. The van der Waals surface area contributed by atoms with Gasteiger partial charge in [-0.1, -0.05) is 24.3 Å². The van der Waals surface area contributed by atoms with Gasteiger partial charge in [-0.15, -0.1) is 0 Å². The monoisotopic (exact) mass is 323 g/mol. The molecule has 2 aromatic carbocycles. The van der Waals surface area contributed by atoms with Crippen molar-refractivity contribution in [2.75, 3.05) is 12.4 Å². The van der Waals surface area contributed by atoms with Crippen molar-refractivity contribution in [1.82, 2.24) is 0 Å². The standard InChI is InChI=1S/C20H18FNO2/c1-24-20(23)13-7-10-18-17(11-13)15-3-2-4-16(15)19(22-18)12-5-8-14(21)9-6-12/h2-3,5-11,15-16,19,22H,4H2,1H3/t15-,16+,19-/m0/s1. The highest BCUT2D eigenvalue weighted by molar-refractivity contribution is 5.90. The minimum Gasteiger partial charge on any atom is -0.465 e. The van der Waals surface area contributed by atoms with Gasteiger partial charge >= 0.3 is 5.97 Å². The Balaban J connectivity index is 1.74. The number of anilines is 1. The lowest BCUT2D eigenvalue weighted by Crippen LogP contribution is -2.29. The van der Waals surface area contributed by atoms with Gasteiger partial charge in [0, 0.05) is 11.6 Å². The van der Waals surface area contributed by atoms with E-state index in [9.17, 15) is 9.18 Å². The van der Waals surface area contributed by atoms with Crippen LogP contribution in [0, 0.1) is 11.7 Å². The number of ether oxygens (including phenoxy) is 1. The van der Waals surface area contributed by atoms with E-state index in [4.69, 9.17) is 4.74 Å². The Morgan fingerprint density at radius 2 is 2.00 bits per heavy atom. The Bertz CT molecular complexity index is 813. The summed E-state index contributed by atoms with van der Waals surface area (Å²) in [5.41, 5.74) is 3.79. The van der Waals surface area contributed by atoms with Crippen LogP contribution < -0.4 is 5.32 Å². The molecule has 2 aliphatic rings. The highest BCUT2D eigenvalue weighted by atomic mass is 19.1. The molecule has 0 fully saturated rings. The third-order valence-electron chi connectivity index (χ3n) is 5.01. The molecule has 0 aromatic heterocycles. The third kappa shape index (κ3) is 2.39. The van der Waals surface area contributed by atoms with Gasteiger partial charge < -0.3 is 10.1 Å². The predicted octanol–water partition coefficient (Wildman–Crippen LogP) is 4.44. The van der Waals surface area contributed by atoms with Crippen molar-refractivity contribution in [1.29, 1.82) is 0 Å². The van der Waals surface area contributed by atoms with E-state index in [1.165, 1.54) is 19.2 Å². The highest BCUT2D eigenvalue weighted by Crippen LogP contribution is 2.49. The molecule has 0 spiro atoms. The molecule has 3 nitrogen and oxygen atoms in total. The number of halogens is 1. The van der Waals surface area contributed by atoms with Gasteiger partial charge in [0.05, 0.1) is 18.7 Å². The smallest absolute Gasteiger partial charge is 0.337 e. The fraction of sp³-hybridized carbons (Fsp3) is 0.250. The summed E-state index contributed by atoms with van der Waals surface area (Å²) in [6.07, 6.45) is 5.36. The first-order valence-electron chi connectivity index (χ1n) is 8.08. The van der Waals surface area contributed by atoms with E-state index < -0.39 is 0 Å². The van der Waals surface area contributed by atoms with E-state index >= 15 is 0 Å². The van der Waals surface area contributed by atoms with Gasteiger partial charge in [-0.2, -0.15) is 0 Å². The molecule has 0 radical (unpaired) electrons. The molecule has 24 heavy (non-hydrogen) atoms. The van der Waals surface area contributed by atoms with Crippen LogP contribution in [0.1, 0.15) is 39.9 Å². The van der Waals surface area contributed by atoms with Gasteiger partial charge in [0.2, 0.25) is 0 Å². The van der Waals surface area contributed by atoms with Crippen molar-refractivity contribution < 1.29 is 13.9 Å². The van der Waals surface area contributed by atoms with Crippen LogP contribution in [-0.4, -0.2) is 13.1 Å². The van der Waals surface area contributed by atoms with Crippen LogP contribution >= 0.6 is 0 Å². The largest absolute Gasteiger partial charge is 0.465 e. The second-order valence-corrected chi connectivity index (χ2v) is 6.32. The summed E-state index contributed by atoms with van der Waals surface area (Å²) >= 11 is 0. The Labute approximate surface area is 140 Å². The lowest BCUT2D eigenvalue weighted by molar-refractivity contribution is 0.0600. The summed E-state index contributed by atoms with van der Waals surface area (Å²) in [5, 5.41) is 3.57. The zero-order valence-electron chi connectivity index (χ0n) is 13.3. The van der Waals surface area contributed by atoms with E-state index in [0.717, 1.165) is 23.2 Å². The number of rotatable bonds is 2. The molecule has 122 valence electrons. The summed E-state index contributed by atoms with van der Waals surface area (Å²) < 4.78 is 18.1. The number of nitrogens with one attached hydrogen (secondary N) is 1. The van der Waals surface area contributed by atoms with Crippen LogP contribution in [0.2, 0.25) is 0 Å². The van der Waals surface area contributed by atoms with Crippen LogP contribution in [0.5, 0.6) is 0 Å². The second-order valence-electron chi connectivity index (χ2n) is 6.32. The number of allylic oxidation sites excluding steroid dienone is 2. The molecule has 1 N–H and O–H groups in total. The summed E-state index contributed by atoms with van der Waals surface area (Å²) in [7, 11) is 1.39. The average Bonchev–Trinajstić information content (AvgIpc) is 3.11. The van der Waals surface area contributed by atoms with Crippen molar-refractivity contribution in [2.45, 2.75) is 18.4 Å². The molecular formula is C20H18FNO2. The van der Waals surface area contributed by atoms with Gasteiger partial charge in [0.1, 0.15) is 5.82 Å². The first kappa shape index (κ1) is 14.9. The molecule has 0 saturated heterocycles. The van der Waals surface area contributed by atoms with Gasteiger partial charge in [-0.3, -0.25) is 0 Å². The summed E-state index contributed by atoms with van der Waals surface area (Å²) in [5.74, 6) is 0.0625. The van der Waals surface area contributed by atoms with Crippen LogP contribution in [0.15, 0.2) is 54.6 Å². The number of fused-ring (bicyclic) bond motifs is 3. The first-order valence-corrected chi connectivity index (χ1v) is 8.08. The molecule has 4 rings (SSSR count). The molecule has 2 aromatic rings. The second kappa shape index (κ2) is 5.78. The average molecular weight is 323 g/mol. The maximum absolute atomic E-state index is 13.2. The highest BCUT2D eigenvalue weighted by Gasteiger charge is 2.38. The van der Waals surface area contributed by atoms with E-state index in [0.29, 0.717) is 11.5 Å². The molecule has 1 aliphatic heterocycles. The van der Waals surface area contributed by atoms with E-state index in [1.807, 2.05) is 24.3 Å². The molecule has 0 bridgehead atoms. The van der Waals surface area contributed by atoms with Crippen molar-refractivity contribution in [2.24, 2.45) is 5.92 Å². The predicted molar refractivity (Wildman–Crippen MR) is 90.5 cm³/mol. The van der Waals surface area contributed by atoms with Crippen molar-refractivity contribution in [3.05, 3.63) is 77.1 Å². The SMILES string of the molecule is COC(=O)c1ccc2c(c1)[C@H]1C=CC[C@H]1[C@H](c1ccc(F)cc1)N2. The van der Waals surface area contributed by atoms with Gasteiger partial charge in [0.25, 0.3) is 0 Å². The summed E-state index contributed by atoms with van der Waals surface area (Å²) in [4.78, 5) is 11.8. The maximum atomic E-state index is 13.2. The molecule has 0 unspecified atom stereocenters. The zero-order valence-corrected chi connectivity index (χ0v) is 13.3. The molecule has 1 heterocycles. The Kier molecular flexibility index (Phi) is 3.60. The van der Waals surface area contributed by atoms with Gasteiger partial charge in [-0.05, 0) is 53.8 Å². The molecular weight excluding hydrogens is 305 g/mol. The van der Waals surface area contributed by atoms with Crippen LogP contribution in [0.4, 0.5) is 10.1 Å². The van der Waals surface area contributed by atoms with Crippen LogP contribution in [-0.2, 0) is 4.74 Å². The molecule has 1 aliphatic carbocycles. The number of hydrogen-bond acceptors (Lipinski definition) is 3. The number of carbonyl (C=O) groups excluding carboxylic acids is 1. The number of hydrogen-bond donors (Lipinski definition) is 1. The first-order chi connectivity index (χ1) is 11.7. The summed E-state index contributed by atoms with van der Waals surface area (Å²) in [6.45, 7) is 0. The van der Waals surface area contributed by atoms with E-state index in [2.05, 4.69) is 17.5 Å². The number of esters is 1. The summed E-state index contributed by atoms with van der Waals surface area (Å²) in [6, 6.07) is 12.4. The maximum Gasteiger partial charge on any atom is 0.337 e. The molecule has 0 saturated carbocycles. The molecule has 4 heteroatoms. The van der Waals surface area contributed by atoms with Gasteiger partial charge in [0.15, 0.2) is 0 Å². The van der Waals surface area contributed by atoms with E-state index in [1.54, 1.807) is 6.07 Å². The lowest BCUT2D eigenvalue weighted by Gasteiger charge is -2.37. The lowest BCUT2D eigenvalue weighted by atomic mass is 9.76. The van der Waals surface area contributed by atoms with Crippen LogP contribution in [0.3, 0.4) is 0 Å². The Morgan fingerprint density at radius 3 is 2.75 bits per heavy atom. The number of carbonyl (C=O) groups is 1. The molecule has 0 amide bonds. The van der Waals surface area contributed by atoms with Gasteiger partial charge in [-0.25, -0.2) is 9.18 Å². The minimum absolute atomic E-state index is 0.127. The Morgan fingerprint density at radius 1 is 1.21 bits per heavy atom. The fourth-order valence-corrected chi connectivity index (χ4v) is 3.84. The minimum atomic E-state index is -0.322. The third-order valence-corrected chi connectivity index (χ3v) is 5.01. The number of methoxy groups -OCH3 is 1. The fourth-order valence-electron chi connectivity index (χ4n) is 3.84. The van der Waals surface area contributed by atoms with Crippen molar-refractivity contribution in [3.63, 3.8) is 0 Å². The quantitative estimate of drug-likeness (QED) is 0.656. The normalized spacial score (nSPS) is 24.0. The number of benzene rings is 2. The van der Waals surface area contributed by atoms with Crippen molar-refractivity contribution in [3.8, 4) is 0 Å². The molecule has 3 atom stereocenters. The Hall–Kier alpha value is -2.62. The van der Waals surface area contributed by atoms with E-state index in [-0.39, 0.29) is 23.7 Å².